The van der Waals surface area contributed by atoms with Crippen LogP contribution in [0.1, 0.15) is 16.2 Å². The summed E-state index contributed by atoms with van der Waals surface area (Å²) in [6.45, 7) is -0.0712. The summed E-state index contributed by atoms with van der Waals surface area (Å²) in [5, 5.41) is 6.52. The second kappa shape index (κ2) is 8.79. The van der Waals surface area contributed by atoms with E-state index < -0.39 is 5.97 Å². The molecule has 0 saturated carbocycles. The van der Waals surface area contributed by atoms with Gasteiger partial charge in [-0.3, -0.25) is 4.79 Å². The van der Waals surface area contributed by atoms with Crippen molar-refractivity contribution >= 4 is 23.2 Å². The number of rotatable bonds is 7. The average molecular weight is 421 g/mol. The summed E-state index contributed by atoms with van der Waals surface area (Å²) < 4.78 is 12.1. The first-order valence-electron chi connectivity index (χ1n) is 9.24. The number of hydrogen-bond acceptors (Lipinski definition) is 6. The summed E-state index contributed by atoms with van der Waals surface area (Å²) in [6.07, 6.45) is 1.55. The molecule has 0 aliphatic rings. The quantitative estimate of drug-likeness (QED) is 0.422. The zero-order valence-electron chi connectivity index (χ0n) is 16.2. The molecule has 1 amide bonds. The van der Waals surface area contributed by atoms with E-state index in [9.17, 15) is 9.59 Å². The normalized spacial score (nSPS) is 10.7. The van der Waals surface area contributed by atoms with Crippen LogP contribution in [0.3, 0.4) is 0 Å². The minimum Gasteiger partial charge on any atom is -0.467 e. The highest BCUT2D eigenvalue weighted by molar-refractivity contribution is 7.13. The number of carbonyl (C=O) groups excluding carboxylic acids is 2. The number of carbonyl (C=O) groups is 2. The Hall–Kier alpha value is -3.65. The minimum absolute atomic E-state index is 0.256. The molecule has 0 fully saturated rings. The van der Waals surface area contributed by atoms with E-state index in [4.69, 9.17) is 9.15 Å². The number of likely N-dealkylation sites (N-methyl/N-ethyl adjacent to an activating group) is 1. The predicted octanol–water partition coefficient (Wildman–Crippen LogP) is 4.01. The Morgan fingerprint density at radius 3 is 2.67 bits per heavy atom. The fourth-order valence-electron chi connectivity index (χ4n) is 2.87. The van der Waals surface area contributed by atoms with Crippen molar-refractivity contribution in [2.75, 3.05) is 13.7 Å². The molecule has 3 heterocycles. The maximum absolute atomic E-state index is 12.8. The van der Waals surface area contributed by atoms with Crippen molar-refractivity contribution in [3.8, 4) is 16.3 Å². The van der Waals surface area contributed by atoms with Crippen LogP contribution in [-0.4, -0.2) is 40.2 Å². The standard InChI is InChI=1S/C22H19N3O4S/c1-24(14-17-9-5-11-28-17)21(26)15-29-22(27)19-13-18(20-10-6-12-30-20)23-25(19)16-7-3-2-4-8-16/h2-13H,14-15H2,1H3. The molecule has 0 atom stereocenters. The van der Waals surface area contributed by atoms with E-state index in [2.05, 4.69) is 5.10 Å². The van der Waals surface area contributed by atoms with Gasteiger partial charge in [-0.25, -0.2) is 9.48 Å². The van der Waals surface area contributed by atoms with Crippen molar-refractivity contribution in [1.29, 1.82) is 0 Å². The van der Waals surface area contributed by atoms with Crippen LogP contribution in [0.15, 0.2) is 76.7 Å². The molecule has 152 valence electrons. The largest absolute Gasteiger partial charge is 0.467 e. The van der Waals surface area contributed by atoms with Crippen molar-refractivity contribution < 1.29 is 18.7 Å². The smallest absolute Gasteiger partial charge is 0.357 e. The zero-order valence-corrected chi connectivity index (χ0v) is 17.0. The molecular weight excluding hydrogens is 402 g/mol. The summed E-state index contributed by atoms with van der Waals surface area (Å²) in [5.74, 6) is -0.294. The van der Waals surface area contributed by atoms with Crippen molar-refractivity contribution in [2.45, 2.75) is 6.54 Å². The molecule has 0 aliphatic carbocycles. The van der Waals surface area contributed by atoms with Gasteiger partial charge >= 0.3 is 5.97 Å². The van der Waals surface area contributed by atoms with E-state index in [0.29, 0.717) is 18.0 Å². The maximum Gasteiger partial charge on any atom is 0.357 e. The molecule has 3 aromatic heterocycles. The van der Waals surface area contributed by atoms with Crippen LogP contribution in [-0.2, 0) is 16.1 Å². The van der Waals surface area contributed by atoms with Gasteiger partial charge < -0.3 is 14.1 Å². The van der Waals surface area contributed by atoms with Crippen LogP contribution >= 0.6 is 11.3 Å². The Bertz CT molecular complexity index is 1120. The summed E-state index contributed by atoms with van der Waals surface area (Å²) in [4.78, 5) is 27.5. The van der Waals surface area contributed by atoms with Crippen molar-refractivity contribution in [3.63, 3.8) is 0 Å². The third kappa shape index (κ3) is 4.33. The Kier molecular flexibility index (Phi) is 5.76. The number of amides is 1. The van der Waals surface area contributed by atoms with Gasteiger partial charge in [0, 0.05) is 13.1 Å². The highest BCUT2D eigenvalue weighted by Crippen LogP contribution is 2.26. The van der Waals surface area contributed by atoms with E-state index in [1.54, 1.807) is 31.5 Å². The fourth-order valence-corrected chi connectivity index (χ4v) is 3.55. The first kappa shape index (κ1) is 19.7. The van der Waals surface area contributed by atoms with Crippen LogP contribution in [0.5, 0.6) is 0 Å². The number of aromatic nitrogens is 2. The zero-order chi connectivity index (χ0) is 20.9. The van der Waals surface area contributed by atoms with Gasteiger partial charge in [-0.1, -0.05) is 24.3 Å². The lowest BCUT2D eigenvalue weighted by Crippen LogP contribution is -2.31. The number of benzene rings is 1. The lowest BCUT2D eigenvalue weighted by atomic mass is 10.3. The lowest BCUT2D eigenvalue weighted by Gasteiger charge is -2.15. The summed E-state index contributed by atoms with van der Waals surface area (Å²) in [7, 11) is 1.63. The van der Waals surface area contributed by atoms with E-state index in [0.717, 1.165) is 10.6 Å². The molecule has 0 spiro atoms. The second-order valence-corrected chi connectivity index (χ2v) is 7.49. The van der Waals surface area contributed by atoms with Gasteiger partial charge in [0.25, 0.3) is 5.91 Å². The molecular formula is C22H19N3O4S. The van der Waals surface area contributed by atoms with E-state index in [-0.39, 0.29) is 18.2 Å². The Morgan fingerprint density at radius 2 is 1.97 bits per heavy atom. The molecule has 0 radical (unpaired) electrons. The Labute approximate surface area is 177 Å². The first-order chi connectivity index (χ1) is 14.6. The van der Waals surface area contributed by atoms with Gasteiger partial charge in [0.05, 0.1) is 23.4 Å². The second-order valence-electron chi connectivity index (χ2n) is 6.54. The highest BCUT2D eigenvalue weighted by Gasteiger charge is 2.21. The topological polar surface area (TPSA) is 77.6 Å². The molecule has 4 rings (SSSR count). The van der Waals surface area contributed by atoms with Gasteiger partial charge in [0.1, 0.15) is 11.5 Å². The van der Waals surface area contributed by atoms with Gasteiger partial charge in [-0.2, -0.15) is 5.10 Å². The van der Waals surface area contributed by atoms with E-state index in [1.807, 2.05) is 47.8 Å². The molecule has 30 heavy (non-hydrogen) atoms. The number of thiophene rings is 1. The first-order valence-corrected chi connectivity index (χ1v) is 10.1. The minimum atomic E-state index is -0.617. The molecule has 0 aliphatic heterocycles. The maximum atomic E-state index is 12.8. The third-order valence-electron chi connectivity index (χ3n) is 4.42. The molecule has 7 nitrogen and oxygen atoms in total. The average Bonchev–Trinajstić information content (AvgIpc) is 3.53. The molecule has 4 aromatic rings. The Balaban J connectivity index is 1.50. The SMILES string of the molecule is CN(Cc1ccco1)C(=O)COC(=O)c1cc(-c2cccs2)nn1-c1ccccc1. The monoisotopic (exact) mass is 421 g/mol. The lowest BCUT2D eigenvalue weighted by molar-refractivity contribution is -0.134. The van der Waals surface area contributed by atoms with Crippen molar-refractivity contribution in [1.82, 2.24) is 14.7 Å². The molecule has 0 N–H and O–H groups in total. The van der Waals surface area contributed by atoms with Crippen LogP contribution < -0.4 is 0 Å². The molecule has 1 aromatic carbocycles. The molecule has 8 heteroatoms. The van der Waals surface area contributed by atoms with Gasteiger partial charge in [-0.15, -0.1) is 11.3 Å². The van der Waals surface area contributed by atoms with Crippen LogP contribution in [0.2, 0.25) is 0 Å². The van der Waals surface area contributed by atoms with Gasteiger partial charge in [0.2, 0.25) is 0 Å². The number of ether oxygens (including phenoxy) is 1. The van der Waals surface area contributed by atoms with Crippen LogP contribution in [0, 0.1) is 0 Å². The van der Waals surface area contributed by atoms with Crippen LogP contribution in [0.25, 0.3) is 16.3 Å². The number of nitrogens with zero attached hydrogens (tertiary/aromatic N) is 3. The Morgan fingerprint density at radius 1 is 1.13 bits per heavy atom. The number of furan rings is 1. The summed E-state index contributed by atoms with van der Waals surface area (Å²) in [6, 6.07) is 18.4. The van der Waals surface area contributed by atoms with Crippen LogP contribution in [0.4, 0.5) is 0 Å². The van der Waals surface area contributed by atoms with Gasteiger partial charge in [0.15, 0.2) is 12.3 Å². The molecule has 0 saturated heterocycles. The fraction of sp³-hybridized carbons (Fsp3) is 0.136. The van der Waals surface area contributed by atoms with Crippen molar-refractivity contribution in [2.24, 2.45) is 0 Å². The van der Waals surface area contributed by atoms with Crippen molar-refractivity contribution in [3.05, 3.63) is 83.8 Å². The predicted molar refractivity (Wildman–Crippen MR) is 112 cm³/mol. The van der Waals surface area contributed by atoms with E-state index >= 15 is 0 Å². The van der Waals surface area contributed by atoms with E-state index in [1.165, 1.54) is 20.9 Å². The summed E-state index contributed by atoms with van der Waals surface area (Å²) >= 11 is 1.53. The molecule has 0 unspecified atom stereocenters. The summed E-state index contributed by atoms with van der Waals surface area (Å²) in [5.41, 5.74) is 1.65. The highest BCUT2D eigenvalue weighted by atomic mass is 32.1. The third-order valence-corrected chi connectivity index (χ3v) is 5.31. The number of para-hydroxylation sites is 1. The van der Waals surface area contributed by atoms with Gasteiger partial charge in [-0.05, 0) is 35.7 Å². The number of hydrogen-bond donors (Lipinski definition) is 0. The number of esters is 1. The molecule has 0 bridgehead atoms.